The summed E-state index contributed by atoms with van der Waals surface area (Å²) in [4.78, 5) is 11.4. The summed E-state index contributed by atoms with van der Waals surface area (Å²) in [5, 5.41) is 17.0. The third kappa shape index (κ3) is 3.19. The van der Waals surface area contributed by atoms with Gasteiger partial charge in [0.2, 0.25) is 0 Å². The summed E-state index contributed by atoms with van der Waals surface area (Å²) in [6.07, 6.45) is 1.87. The van der Waals surface area contributed by atoms with Gasteiger partial charge in [0.05, 0.1) is 12.3 Å². The van der Waals surface area contributed by atoms with E-state index in [2.05, 4.69) is 17.2 Å². The first-order valence-electron chi connectivity index (χ1n) is 7.27. The third-order valence-corrected chi connectivity index (χ3v) is 3.24. The van der Waals surface area contributed by atoms with Gasteiger partial charge in [-0.25, -0.2) is 9.48 Å². The summed E-state index contributed by atoms with van der Waals surface area (Å²) >= 11 is 0. The fourth-order valence-corrected chi connectivity index (χ4v) is 2.19. The highest BCUT2D eigenvalue weighted by Crippen LogP contribution is 2.30. The zero-order valence-corrected chi connectivity index (χ0v) is 12.7. The number of nitrogens with two attached hydrogens (primary N) is 1. The Morgan fingerprint density at radius 3 is 2.77 bits per heavy atom. The van der Waals surface area contributed by atoms with Crippen LogP contribution in [0.25, 0.3) is 11.3 Å². The zero-order valence-electron chi connectivity index (χ0n) is 12.7. The second-order valence-electron chi connectivity index (χ2n) is 4.85. The molecular weight excluding hydrogens is 284 g/mol. The number of hydrogen-bond donors (Lipinski definition) is 2. The average molecular weight is 304 g/mol. The quantitative estimate of drug-likeness (QED) is 0.761. The number of aromatic nitrogens is 3. The fourth-order valence-electron chi connectivity index (χ4n) is 2.19. The van der Waals surface area contributed by atoms with Crippen LogP contribution in [0.3, 0.4) is 0 Å². The molecule has 0 atom stereocenters. The maximum atomic E-state index is 11.4. The van der Waals surface area contributed by atoms with Crippen LogP contribution in [-0.2, 0) is 6.54 Å². The minimum absolute atomic E-state index is 0.0698. The lowest BCUT2D eigenvalue weighted by Gasteiger charge is -2.10. The van der Waals surface area contributed by atoms with Crippen LogP contribution in [0.1, 0.15) is 37.2 Å². The second kappa shape index (κ2) is 6.93. The van der Waals surface area contributed by atoms with Gasteiger partial charge in [-0.2, -0.15) is 0 Å². The van der Waals surface area contributed by atoms with Gasteiger partial charge in [0.15, 0.2) is 5.69 Å². The van der Waals surface area contributed by atoms with Crippen LogP contribution < -0.4 is 10.5 Å². The molecule has 0 fully saturated rings. The van der Waals surface area contributed by atoms with E-state index in [-0.39, 0.29) is 5.69 Å². The Balaban J connectivity index is 2.47. The molecule has 1 aromatic carbocycles. The van der Waals surface area contributed by atoms with Crippen molar-refractivity contribution in [3.8, 4) is 17.0 Å². The molecule has 0 saturated heterocycles. The van der Waals surface area contributed by atoms with Gasteiger partial charge < -0.3 is 15.6 Å². The number of aromatic carboxylic acids is 1. The van der Waals surface area contributed by atoms with E-state index >= 15 is 0 Å². The first-order valence-corrected chi connectivity index (χ1v) is 7.27. The van der Waals surface area contributed by atoms with Crippen molar-refractivity contribution in [2.75, 3.05) is 12.3 Å². The third-order valence-electron chi connectivity index (χ3n) is 3.24. The average Bonchev–Trinajstić information content (AvgIpc) is 2.91. The predicted molar refractivity (Wildman–Crippen MR) is 82.9 cm³/mol. The zero-order chi connectivity index (χ0) is 16.1. The number of nitrogen functional groups attached to an aromatic ring is 1. The lowest BCUT2D eigenvalue weighted by atomic mass is 10.1. The molecule has 22 heavy (non-hydrogen) atoms. The maximum Gasteiger partial charge on any atom is 0.358 e. The van der Waals surface area contributed by atoms with Crippen LogP contribution in [0.2, 0.25) is 0 Å². The van der Waals surface area contributed by atoms with Crippen LogP contribution in [0.5, 0.6) is 5.75 Å². The second-order valence-corrected chi connectivity index (χ2v) is 4.85. The van der Waals surface area contributed by atoms with Crippen molar-refractivity contribution in [3.05, 3.63) is 23.9 Å². The highest BCUT2D eigenvalue weighted by Gasteiger charge is 2.21. The molecule has 0 unspecified atom stereocenters. The number of benzene rings is 1. The van der Waals surface area contributed by atoms with E-state index in [1.54, 1.807) is 22.9 Å². The SMILES string of the molecule is CCCCn1nnc(C(=O)O)c1-c1ccc(OCC)c(N)c1. The molecule has 7 heteroatoms. The number of unbranched alkanes of at least 4 members (excludes halogenated alkanes) is 1. The molecule has 2 rings (SSSR count). The van der Waals surface area contributed by atoms with Gasteiger partial charge in [0.1, 0.15) is 11.4 Å². The van der Waals surface area contributed by atoms with Crippen LogP contribution in [-0.4, -0.2) is 32.7 Å². The highest BCUT2D eigenvalue weighted by molar-refractivity contribution is 5.93. The molecule has 2 aromatic rings. The number of carboxylic acid groups (broad SMARTS) is 1. The lowest BCUT2D eigenvalue weighted by Crippen LogP contribution is -2.06. The Morgan fingerprint density at radius 1 is 1.41 bits per heavy atom. The van der Waals surface area contributed by atoms with Crippen molar-refractivity contribution >= 4 is 11.7 Å². The van der Waals surface area contributed by atoms with Gasteiger partial charge >= 0.3 is 5.97 Å². The van der Waals surface area contributed by atoms with Gasteiger partial charge in [-0.05, 0) is 31.5 Å². The van der Waals surface area contributed by atoms with Gasteiger partial charge in [0, 0.05) is 12.1 Å². The summed E-state index contributed by atoms with van der Waals surface area (Å²) in [7, 11) is 0. The molecule has 1 heterocycles. The van der Waals surface area contributed by atoms with Crippen molar-refractivity contribution in [1.82, 2.24) is 15.0 Å². The van der Waals surface area contributed by atoms with Crippen molar-refractivity contribution < 1.29 is 14.6 Å². The van der Waals surface area contributed by atoms with Crippen molar-refractivity contribution in [2.45, 2.75) is 33.2 Å². The molecule has 118 valence electrons. The first kappa shape index (κ1) is 15.8. The number of carbonyl (C=O) groups is 1. The first-order chi connectivity index (χ1) is 10.6. The molecule has 0 bridgehead atoms. The van der Waals surface area contributed by atoms with Crippen molar-refractivity contribution in [3.63, 3.8) is 0 Å². The summed E-state index contributed by atoms with van der Waals surface area (Å²) in [6, 6.07) is 5.20. The lowest BCUT2D eigenvalue weighted by molar-refractivity contribution is 0.0691. The van der Waals surface area contributed by atoms with E-state index in [1.807, 2.05) is 6.92 Å². The van der Waals surface area contributed by atoms with E-state index in [0.29, 0.717) is 35.8 Å². The molecule has 0 spiro atoms. The van der Waals surface area contributed by atoms with E-state index in [9.17, 15) is 9.90 Å². The molecule has 0 aliphatic heterocycles. The highest BCUT2D eigenvalue weighted by atomic mass is 16.5. The van der Waals surface area contributed by atoms with Gasteiger partial charge in [-0.3, -0.25) is 0 Å². The number of ether oxygens (including phenoxy) is 1. The minimum Gasteiger partial charge on any atom is -0.492 e. The van der Waals surface area contributed by atoms with Gasteiger partial charge in [-0.15, -0.1) is 5.10 Å². The molecule has 1 aromatic heterocycles. The van der Waals surface area contributed by atoms with E-state index in [4.69, 9.17) is 10.5 Å². The summed E-state index contributed by atoms with van der Waals surface area (Å²) in [5.74, 6) is -0.527. The van der Waals surface area contributed by atoms with E-state index in [0.717, 1.165) is 12.8 Å². The molecule has 0 amide bonds. The smallest absolute Gasteiger partial charge is 0.358 e. The summed E-state index contributed by atoms with van der Waals surface area (Å²) in [5.41, 5.74) is 7.49. The molecule has 0 aliphatic rings. The monoisotopic (exact) mass is 304 g/mol. The molecule has 0 radical (unpaired) electrons. The Hall–Kier alpha value is -2.57. The van der Waals surface area contributed by atoms with Gasteiger partial charge in [-0.1, -0.05) is 18.6 Å². The summed E-state index contributed by atoms with van der Waals surface area (Å²) < 4.78 is 7.02. The number of anilines is 1. The molecular formula is C15H20N4O3. The normalized spacial score (nSPS) is 10.6. The maximum absolute atomic E-state index is 11.4. The number of nitrogens with zero attached hydrogens (tertiary/aromatic N) is 3. The largest absolute Gasteiger partial charge is 0.492 e. The number of aryl methyl sites for hydroxylation is 1. The Morgan fingerprint density at radius 2 is 2.18 bits per heavy atom. The topological polar surface area (TPSA) is 103 Å². The standard InChI is InChI=1S/C15H20N4O3/c1-3-5-8-19-14(13(15(20)21)17-18-19)10-6-7-12(22-4-2)11(16)9-10/h6-7,9H,3-5,8,16H2,1-2H3,(H,20,21). The number of rotatable bonds is 7. The van der Waals surface area contributed by atoms with E-state index in [1.165, 1.54) is 0 Å². The molecule has 0 saturated carbocycles. The Bertz CT molecular complexity index is 667. The van der Waals surface area contributed by atoms with Crippen molar-refractivity contribution in [2.24, 2.45) is 0 Å². The minimum atomic E-state index is -1.11. The van der Waals surface area contributed by atoms with Crippen LogP contribution in [0.15, 0.2) is 18.2 Å². The van der Waals surface area contributed by atoms with Crippen LogP contribution in [0.4, 0.5) is 5.69 Å². The van der Waals surface area contributed by atoms with E-state index < -0.39 is 5.97 Å². The van der Waals surface area contributed by atoms with Crippen LogP contribution >= 0.6 is 0 Å². The molecule has 7 nitrogen and oxygen atoms in total. The Kier molecular flexibility index (Phi) is 4.98. The van der Waals surface area contributed by atoms with Crippen LogP contribution in [0, 0.1) is 0 Å². The number of hydrogen-bond acceptors (Lipinski definition) is 5. The predicted octanol–water partition coefficient (Wildman–Crippen LogP) is 2.42. The van der Waals surface area contributed by atoms with Crippen molar-refractivity contribution in [1.29, 1.82) is 0 Å². The fraction of sp³-hybridized carbons (Fsp3) is 0.400. The number of carboxylic acids is 1. The molecule has 3 N–H and O–H groups in total. The summed E-state index contributed by atoms with van der Waals surface area (Å²) in [6.45, 7) is 5.06. The van der Waals surface area contributed by atoms with Gasteiger partial charge in [0.25, 0.3) is 0 Å². The Labute approximate surface area is 128 Å². The molecule has 0 aliphatic carbocycles.